The zero-order chi connectivity index (χ0) is 3.58. The van der Waals surface area contributed by atoms with Gasteiger partial charge in [0.25, 0.3) is 0 Å². The zero-order valence-corrected chi connectivity index (χ0v) is 13.7. The van der Waals surface area contributed by atoms with Crippen LogP contribution in [0.5, 0.6) is 0 Å². The molecule has 0 aliphatic rings. The van der Waals surface area contributed by atoms with E-state index >= 15 is 0 Å². The molecule has 0 radical (unpaired) electrons. The molecule has 0 heterocycles. The summed E-state index contributed by atoms with van der Waals surface area (Å²) >= 11 is 0. The van der Waals surface area contributed by atoms with Crippen molar-refractivity contribution in [1.82, 2.24) is 0 Å². The third-order valence-corrected chi connectivity index (χ3v) is 0. The van der Waals surface area contributed by atoms with Gasteiger partial charge < -0.3 is 6.92 Å². The van der Waals surface area contributed by atoms with Gasteiger partial charge in [0, 0.05) is 25.8 Å². The maximum atomic E-state index is 3.64. The van der Waals surface area contributed by atoms with E-state index in [-0.39, 0.29) is 76.8 Å². The van der Waals surface area contributed by atoms with Crippen molar-refractivity contribution in [1.29, 1.82) is 0 Å². The molecular weight excluding hydrogens is 466 g/mol. The van der Waals surface area contributed by atoms with Crippen LogP contribution in [0.3, 0.4) is 0 Å². The van der Waals surface area contributed by atoms with Crippen molar-refractivity contribution < 1.29 is 25.8 Å². The normalized spacial score (nSPS) is 4.50. The Hall–Kier alpha value is 2.31. The molecule has 0 spiro atoms. The van der Waals surface area contributed by atoms with E-state index in [4.69, 9.17) is 0 Å². The first kappa shape index (κ1) is 31.7. The van der Waals surface area contributed by atoms with Crippen LogP contribution in [0.4, 0.5) is 0 Å². The Labute approximate surface area is 102 Å². The Morgan fingerprint density at radius 3 is 1.00 bits per heavy atom. The fourth-order valence-corrected chi connectivity index (χ4v) is 0. The van der Waals surface area contributed by atoms with Gasteiger partial charge in [-0.15, -0.1) is 50.9 Å². The van der Waals surface area contributed by atoms with E-state index in [1.807, 2.05) is 0 Å². The smallest absolute Gasteiger partial charge is 0 e. The van der Waals surface area contributed by atoms with Crippen LogP contribution < -0.4 is 0 Å². The van der Waals surface area contributed by atoms with Crippen molar-refractivity contribution in [3.05, 3.63) is 6.92 Å². The summed E-state index contributed by atoms with van der Waals surface area (Å²) in [6.45, 7) is 7.75. The molecule has 0 saturated heterocycles. The van der Waals surface area contributed by atoms with Gasteiger partial charge in [0.2, 0.25) is 0 Å². The third-order valence-electron chi connectivity index (χ3n) is 0. The molecule has 0 unspecified atom stereocenters. The van der Waals surface area contributed by atoms with Crippen molar-refractivity contribution in [2.24, 2.45) is 5.92 Å². The molecule has 0 atom stereocenters. The first-order valence-electron chi connectivity index (χ1n) is 1.56. The fraction of sp³-hybridized carbons (Fsp3) is 0.750. The van der Waals surface area contributed by atoms with Gasteiger partial charge in [0.15, 0.2) is 0 Å². The average molecular weight is 478 g/mol. The van der Waals surface area contributed by atoms with Crippen LogP contribution in [0.2, 0.25) is 0 Å². The van der Waals surface area contributed by atoms with Crippen molar-refractivity contribution >= 4 is 50.9 Å². The van der Waals surface area contributed by atoms with Gasteiger partial charge in [-0.05, 0) is 0 Å². The first-order valence-corrected chi connectivity index (χ1v) is 1.56. The molecule has 8 heavy (non-hydrogen) atoms. The molecule has 54 valence electrons. The topological polar surface area (TPSA) is 0 Å². The zero-order valence-electron chi connectivity index (χ0n) is 5.01. The second kappa shape index (κ2) is 22.8. The summed E-state index contributed by atoms with van der Waals surface area (Å²) in [5.74, 6) is 0.583. The minimum Gasteiger partial charge on any atom is -0.341 e. The van der Waals surface area contributed by atoms with Crippen molar-refractivity contribution in [2.45, 2.75) is 13.8 Å². The minimum atomic E-state index is 0. The Morgan fingerprint density at radius 1 is 1.00 bits per heavy atom. The average Bonchev–Trinajstić information content (AvgIpc) is 0.811. The Morgan fingerprint density at radius 2 is 1.00 bits per heavy atom. The summed E-state index contributed by atoms with van der Waals surface area (Å²) in [5.41, 5.74) is 0. The second-order valence-electron chi connectivity index (χ2n) is 1.39. The third kappa shape index (κ3) is 83.2. The fourth-order valence-electron chi connectivity index (χ4n) is 0. The van der Waals surface area contributed by atoms with E-state index in [1.165, 1.54) is 0 Å². The summed E-state index contributed by atoms with van der Waals surface area (Å²) in [6.07, 6.45) is 0. The minimum absolute atomic E-state index is 0. The molecule has 0 rings (SSSR count). The van der Waals surface area contributed by atoms with Crippen molar-refractivity contribution in [2.75, 3.05) is 0 Å². The van der Waals surface area contributed by atoms with Crippen LogP contribution in [0.1, 0.15) is 13.8 Å². The maximum Gasteiger partial charge on any atom is 0 e. The molecule has 0 aromatic rings. The van der Waals surface area contributed by atoms with E-state index in [1.54, 1.807) is 0 Å². The largest absolute Gasteiger partial charge is 0.341 e. The van der Waals surface area contributed by atoms with Gasteiger partial charge in [-0.2, -0.15) is 5.92 Å². The quantitative estimate of drug-likeness (QED) is 0.371. The Bertz CT molecular complexity index is 16.0. The molecule has 0 fully saturated rings. The van der Waals surface area contributed by atoms with E-state index < -0.39 is 0 Å². The monoisotopic (exact) mass is 477 g/mol. The van der Waals surface area contributed by atoms with Crippen LogP contribution >= 0.6 is 50.9 Å². The van der Waals surface area contributed by atoms with Gasteiger partial charge >= 0.3 is 0 Å². The molecule has 0 aromatic heterocycles. The van der Waals surface area contributed by atoms with E-state index in [0.29, 0.717) is 5.92 Å². The molecular formula is C4H12Br3Hf-. The summed E-state index contributed by atoms with van der Waals surface area (Å²) in [6, 6.07) is 0. The van der Waals surface area contributed by atoms with Crippen LogP contribution in [0.25, 0.3) is 0 Å². The van der Waals surface area contributed by atoms with Gasteiger partial charge in [0.05, 0.1) is 0 Å². The van der Waals surface area contributed by atoms with Gasteiger partial charge in [-0.3, -0.25) is 0 Å². The second-order valence-corrected chi connectivity index (χ2v) is 1.39. The molecule has 0 aliphatic heterocycles. The SMILES string of the molecule is Br.Br.Br.[CH2-]C(C)C.[Hf]. The van der Waals surface area contributed by atoms with Crippen molar-refractivity contribution in [3.63, 3.8) is 0 Å². The van der Waals surface area contributed by atoms with Crippen LogP contribution in [-0.4, -0.2) is 0 Å². The summed E-state index contributed by atoms with van der Waals surface area (Å²) in [4.78, 5) is 0. The molecule has 0 N–H and O–H groups in total. The number of hydrogen-bond donors (Lipinski definition) is 0. The van der Waals surface area contributed by atoms with Gasteiger partial charge in [0.1, 0.15) is 0 Å². The summed E-state index contributed by atoms with van der Waals surface area (Å²) in [7, 11) is 0. The molecule has 0 aliphatic carbocycles. The maximum absolute atomic E-state index is 3.64. The Kier molecular flexibility index (Phi) is 90.3. The standard InChI is InChI=1S/C4H9.3BrH.Hf/c1-4(2)3;;;;/h4H,1H2,2-3H3;3*1H;/q-1;;;;. The van der Waals surface area contributed by atoms with Crippen LogP contribution in [0.15, 0.2) is 0 Å². The van der Waals surface area contributed by atoms with E-state index in [9.17, 15) is 0 Å². The number of rotatable bonds is 0. The predicted molar refractivity (Wildman–Crippen MR) is 51.2 cm³/mol. The first-order chi connectivity index (χ1) is 1.73. The van der Waals surface area contributed by atoms with Crippen LogP contribution in [0, 0.1) is 12.8 Å². The predicted octanol–water partition coefficient (Wildman–Crippen LogP) is 3.21. The summed E-state index contributed by atoms with van der Waals surface area (Å²) < 4.78 is 0. The molecule has 4 heteroatoms. The molecule has 0 saturated carbocycles. The molecule has 0 nitrogen and oxygen atoms in total. The molecule has 0 aromatic carbocycles. The number of hydrogen-bond acceptors (Lipinski definition) is 0. The molecule has 0 bridgehead atoms. The Balaban J connectivity index is -0.00000000750. The van der Waals surface area contributed by atoms with Gasteiger partial charge in [-0.1, -0.05) is 13.8 Å². The van der Waals surface area contributed by atoms with Crippen LogP contribution in [-0.2, 0) is 25.8 Å². The van der Waals surface area contributed by atoms with Crippen molar-refractivity contribution in [3.8, 4) is 0 Å². The summed E-state index contributed by atoms with van der Waals surface area (Å²) in [5, 5.41) is 0. The van der Waals surface area contributed by atoms with E-state index in [2.05, 4.69) is 20.8 Å². The number of halogens is 3. The molecule has 0 amide bonds. The van der Waals surface area contributed by atoms with E-state index in [0.717, 1.165) is 0 Å². The van der Waals surface area contributed by atoms with Gasteiger partial charge in [-0.25, -0.2) is 0 Å².